The van der Waals surface area contributed by atoms with Crippen LogP contribution in [0, 0.1) is 5.92 Å². The van der Waals surface area contributed by atoms with Crippen LogP contribution in [-0.4, -0.2) is 22.3 Å². The highest BCUT2D eigenvalue weighted by Crippen LogP contribution is 2.20. The molecule has 1 aliphatic rings. The first-order chi connectivity index (χ1) is 6.20. The number of carboxylic acids is 1. The van der Waals surface area contributed by atoms with Crippen molar-refractivity contribution >= 4 is 5.97 Å². The maximum absolute atomic E-state index is 10.5. The van der Waals surface area contributed by atoms with Crippen LogP contribution < -0.4 is 0 Å². The van der Waals surface area contributed by atoms with Gasteiger partial charge >= 0.3 is 5.97 Å². The van der Waals surface area contributed by atoms with Crippen molar-refractivity contribution in [3.63, 3.8) is 0 Å². The molecule has 0 saturated carbocycles. The molecule has 0 aromatic carbocycles. The van der Waals surface area contributed by atoms with Gasteiger partial charge in [0.25, 0.3) is 0 Å². The van der Waals surface area contributed by atoms with Crippen LogP contribution in [-0.2, 0) is 4.79 Å². The van der Waals surface area contributed by atoms with Crippen molar-refractivity contribution in [1.29, 1.82) is 0 Å². The van der Waals surface area contributed by atoms with Gasteiger partial charge in [0.2, 0.25) is 0 Å². The molecule has 2 N–H and O–H groups in total. The number of aliphatic hydroxyl groups excluding tert-OH is 1. The Morgan fingerprint density at radius 3 is 2.92 bits per heavy atom. The van der Waals surface area contributed by atoms with Crippen LogP contribution in [0.15, 0.2) is 12.2 Å². The van der Waals surface area contributed by atoms with Gasteiger partial charge < -0.3 is 10.2 Å². The Morgan fingerprint density at radius 1 is 1.46 bits per heavy atom. The Morgan fingerprint density at radius 2 is 2.23 bits per heavy atom. The first-order valence-electron chi connectivity index (χ1n) is 4.76. The number of rotatable bonds is 2. The fourth-order valence-corrected chi connectivity index (χ4v) is 1.63. The summed E-state index contributed by atoms with van der Waals surface area (Å²) in [6, 6.07) is 0. The van der Waals surface area contributed by atoms with Crippen LogP contribution in [0.25, 0.3) is 0 Å². The largest absolute Gasteiger partial charge is 0.481 e. The van der Waals surface area contributed by atoms with Crippen molar-refractivity contribution < 1.29 is 15.0 Å². The summed E-state index contributed by atoms with van der Waals surface area (Å²) < 4.78 is 0. The van der Waals surface area contributed by atoms with Crippen molar-refractivity contribution in [3.05, 3.63) is 12.2 Å². The zero-order chi connectivity index (χ0) is 9.68. The van der Waals surface area contributed by atoms with E-state index in [2.05, 4.69) is 0 Å². The first kappa shape index (κ1) is 10.3. The predicted molar refractivity (Wildman–Crippen MR) is 49.4 cm³/mol. The summed E-state index contributed by atoms with van der Waals surface area (Å²) in [6.45, 7) is 0. The van der Waals surface area contributed by atoms with Gasteiger partial charge in [-0.2, -0.15) is 0 Å². The van der Waals surface area contributed by atoms with Gasteiger partial charge in [0.1, 0.15) is 0 Å². The molecule has 2 unspecified atom stereocenters. The molecule has 0 radical (unpaired) electrons. The van der Waals surface area contributed by atoms with Gasteiger partial charge in [0.05, 0.1) is 12.5 Å². The van der Waals surface area contributed by atoms with Crippen LogP contribution in [0.2, 0.25) is 0 Å². The van der Waals surface area contributed by atoms with E-state index in [1.807, 2.05) is 12.2 Å². The monoisotopic (exact) mass is 184 g/mol. The van der Waals surface area contributed by atoms with Crippen molar-refractivity contribution in [2.45, 2.75) is 38.2 Å². The van der Waals surface area contributed by atoms with E-state index >= 15 is 0 Å². The minimum absolute atomic E-state index is 0.0394. The molecule has 2 atom stereocenters. The third kappa shape index (κ3) is 3.59. The summed E-state index contributed by atoms with van der Waals surface area (Å²) in [5.74, 6) is -1.04. The van der Waals surface area contributed by atoms with E-state index in [1.54, 1.807) is 0 Å². The lowest BCUT2D eigenvalue weighted by molar-refractivity contribution is -0.138. The summed E-state index contributed by atoms with van der Waals surface area (Å²) in [5.41, 5.74) is 0. The van der Waals surface area contributed by atoms with E-state index < -0.39 is 12.1 Å². The van der Waals surface area contributed by atoms with Gasteiger partial charge in [-0.25, -0.2) is 0 Å². The van der Waals surface area contributed by atoms with E-state index in [9.17, 15) is 9.90 Å². The fraction of sp³-hybridized carbons (Fsp3) is 0.700. The Balaban J connectivity index is 2.54. The highest BCUT2D eigenvalue weighted by molar-refractivity contribution is 5.67. The molecule has 0 aliphatic heterocycles. The normalized spacial score (nSPS) is 29.3. The van der Waals surface area contributed by atoms with Gasteiger partial charge in [-0.3, -0.25) is 4.79 Å². The number of carbonyl (C=O) groups is 1. The van der Waals surface area contributed by atoms with E-state index in [4.69, 9.17) is 5.11 Å². The summed E-state index contributed by atoms with van der Waals surface area (Å²) in [6.07, 6.45) is 7.19. The van der Waals surface area contributed by atoms with E-state index in [0.717, 1.165) is 25.7 Å². The first-order valence-corrected chi connectivity index (χ1v) is 4.76. The number of aliphatic carboxylic acids is 1. The van der Waals surface area contributed by atoms with Gasteiger partial charge in [-0.05, 0) is 19.3 Å². The molecule has 0 heterocycles. The van der Waals surface area contributed by atoms with Crippen molar-refractivity contribution in [2.24, 2.45) is 5.92 Å². The van der Waals surface area contributed by atoms with Crippen molar-refractivity contribution in [1.82, 2.24) is 0 Å². The third-order valence-corrected chi connectivity index (χ3v) is 2.41. The van der Waals surface area contributed by atoms with Gasteiger partial charge in [-0.15, -0.1) is 0 Å². The minimum atomic E-state index is -0.839. The van der Waals surface area contributed by atoms with Gasteiger partial charge in [0.15, 0.2) is 0 Å². The second-order valence-corrected chi connectivity index (χ2v) is 3.54. The van der Waals surface area contributed by atoms with E-state index in [0.29, 0.717) is 0 Å². The molecule has 0 aromatic heterocycles. The molecule has 0 spiro atoms. The maximum Gasteiger partial charge on any atom is 0.304 e. The molecule has 3 nitrogen and oxygen atoms in total. The Labute approximate surface area is 78.1 Å². The number of hydrogen-bond acceptors (Lipinski definition) is 2. The average Bonchev–Trinajstić information content (AvgIpc) is 2.04. The maximum atomic E-state index is 10.5. The molecule has 13 heavy (non-hydrogen) atoms. The topological polar surface area (TPSA) is 57.5 Å². The average molecular weight is 184 g/mol. The Kier molecular flexibility index (Phi) is 3.96. The van der Waals surface area contributed by atoms with Gasteiger partial charge in [-0.1, -0.05) is 18.6 Å². The summed E-state index contributed by atoms with van der Waals surface area (Å²) in [7, 11) is 0. The molecular formula is C10H16O3. The lowest BCUT2D eigenvalue weighted by Gasteiger charge is -2.19. The number of hydrogen-bond donors (Lipinski definition) is 2. The van der Waals surface area contributed by atoms with E-state index in [1.165, 1.54) is 0 Å². The van der Waals surface area contributed by atoms with Crippen molar-refractivity contribution in [3.8, 4) is 0 Å². The lowest BCUT2D eigenvalue weighted by atomic mass is 9.91. The standard InChI is InChI=1S/C10H16O3/c11-9-6-4-2-1-3-5-8(9)7-10(12)13/h3,5,8-9,11H,1-2,4,6-7H2,(H,12,13). The zero-order valence-electron chi connectivity index (χ0n) is 7.65. The molecule has 0 bridgehead atoms. The molecule has 0 aromatic rings. The number of carboxylic acid groups (broad SMARTS) is 1. The zero-order valence-corrected chi connectivity index (χ0v) is 7.65. The fourth-order valence-electron chi connectivity index (χ4n) is 1.63. The Hall–Kier alpha value is -0.830. The third-order valence-electron chi connectivity index (χ3n) is 2.41. The second kappa shape index (κ2) is 5.02. The smallest absolute Gasteiger partial charge is 0.304 e. The summed E-state index contributed by atoms with van der Waals surface area (Å²) >= 11 is 0. The molecule has 0 saturated heterocycles. The molecule has 74 valence electrons. The van der Waals surface area contributed by atoms with Crippen LogP contribution in [0.5, 0.6) is 0 Å². The number of aliphatic hydroxyl groups is 1. The predicted octanol–water partition coefficient (Wildman–Crippen LogP) is 1.57. The SMILES string of the molecule is O=C(O)CC1C=CCCCCC1O. The molecule has 1 rings (SSSR count). The highest BCUT2D eigenvalue weighted by Gasteiger charge is 2.19. The molecule has 1 aliphatic carbocycles. The molecule has 0 fully saturated rings. The van der Waals surface area contributed by atoms with Crippen LogP contribution in [0.1, 0.15) is 32.1 Å². The van der Waals surface area contributed by atoms with Crippen LogP contribution >= 0.6 is 0 Å². The molecule has 3 heteroatoms. The highest BCUT2D eigenvalue weighted by atomic mass is 16.4. The van der Waals surface area contributed by atoms with Crippen LogP contribution in [0.3, 0.4) is 0 Å². The summed E-state index contributed by atoms with van der Waals surface area (Å²) in [5, 5.41) is 18.2. The second-order valence-electron chi connectivity index (χ2n) is 3.54. The molecule has 0 amide bonds. The van der Waals surface area contributed by atoms with Gasteiger partial charge in [0, 0.05) is 5.92 Å². The minimum Gasteiger partial charge on any atom is -0.481 e. The molecular weight excluding hydrogens is 168 g/mol. The van der Waals surface area contributed by atoms with Crippen molar-refractivity contribution in [2.75, 3.05) is 0 Å². The quantitative estimate of drug-likeness (QED) is 0.640. The van der Waals surface area contributed by atoms with E-state index in [-0.39, 0.29) is 12.3 Å². The summed E-state index contributed by atoms with van der Waals surface area (Å²) in [4.78, 5) is 10.5. The van der Waals surface area contributed by atoms with Crippen LogP contribution in [0.4, 0.5) is 0 Å². The number of allylic oxidation sites excluding steroid dienone is 1. The Bertz CT molecular complexity index is 198. The lowest BCUT2D eigenvalue weighted by Crippen LogP contribution is -2.22.